The number of nitrogens with two attached hydrogens (primary N) is 1. The highest BCUT2D eigenvalue weighted by Crippen LogP contribution is 2.26. The Balaban J connectivity index is 2.20. The third-order valence-corrected chi connectivity index (χ3v) is 3.48. The number of thiocarbonyl (C=S) groups is 1. The Bertz CT molecular complexity index is 599. The van der Waals surface area contributed by atoms with Crippen LogP contribution in [0.1, 0.15) is 5.56 Å². The SMILES string of the molecule is CSc1ccc(Oc2ccc(C(N)=S)cc2F)cc1. The zero-order chi connectivity index (χ0) is 13.8. The summed E-state index contributed by atoms with van der Waals surface area (Å²) in [7, 11) is 0. The lowest BCUT2D eigenvalue weighted by atomic mass is 10.2. The fourth-order valence-electron chi connectivity index (χ4n) is 1.51. The van der Waals surface area contributed by atoms with Crippen LogP contribution in [0.4, 0.5) is 4.39 Å². The van der Waals surface area contributed by atoms with Crippen molar-refractivity contribution in [3.63, 3.8) is 0 Å². The molecule has 0 aromatic heterocycles. The molecular weight excluding hydrogens is 281 g/mol. The van der Waals surface area contributed by atoms with Crippen molar-refractivity contribution < 1.29 is 9.13 Å². The van der Waals surface area contributed by atoms with Crippen LogP contribution in [-0.4, -0.2) is 11.2 Å². The second kappa shape index (κ2) is 6.04. The number of halogens is 1. The molecule has 5 heteroatoms. The second-order valence-electron chi connectivity index (χ2n) is 3.79. The summed E-state index contributed by atoms with van der Waals surface area (Å²) in [4.78, 5) is 1.28. The van der Waals surface area contributed by atoms with Gasteiger partial charge in [0, 0.05) is 10.5 Å². The number of thioether (sulfide) groups is 1. The van der Waals surface area contributed by atoms with Gasteiger partial charge >= 0.3 is 0 Å². The first kappa shape index (κ1) is 13.8. The number of rotatable bonds is 4. The highest BCUT2D eigenvalue weighted by atomic mass is 32.2. The molecule has 0 bridgehead atoms. The molecule has 0 amide bonds. The van der Waals surface area contributed by atoms with Gasteiger partial charge in [-0.1, -0.05) is 12.2 Å². The third kappa shape index (κ3) is 3.45. The van der Waals surface area contributed by atoms with E-state index in [1.54, 1.807) is 30.0 Å². The summed E-state index contributed by atoms with van der Waals surface area (Å²) < 4.78 is 19.3. The van der Waals surface area contributed by atoms with E-state index in [2.05, 4.69) is 0 Å². The molecule has 2 aromatic carbocycles. The van der Waals surface area contributed by atoms with Gasteiger partial charge in [0.05, 0.1) is 0 Å². The van der Waals surface area contributed by atoms with E-state index in [0.717, 1.165) is 4.90 Å². The summed E-state index contributed by atoms with van der Waals surface area (Å²) >= 11 is 6.42. The van der Waals surface area contributed by atoms with Gasteiger partial charge in [-0.2, -0.15) is 0 Å². The molecule has 2 N–H and O–H groups in total. The van der Waals surface area contributed by atoms with Crippen LogP contribution in [0.25, 0.3) is 0 Å². The van der Waals surface area contributed by atoms with Crippen molar-refractivity contribution >= 4 is 29.0 Å². The first-order chi connectivity index (χ1) is 9.10. The van der Waals surface area contributed by atoms with Gasteiger partial charge in [0.25, 0.3) is 0 Å². The van der Waals surface area contributed by atoms with E-state index in [1.165, 1.54) is 12.1 Å². The summed E-state index contributed by atoms with van der Waals surface area (Å²) in [5, 5.41) is 0. The minimum atomic E-state index is -0.487. The average Bonchev–Trinajstić information content (AvgIpc) is 2.41. The van der Waals surface area contributed by atoms with Gasteiger partial charge in [0.1, 0.15) is 10.7 Å². The topological polar surface area (TPSA) is 35.2 Å². The first-order valence-electron chi connectivity index (χ1n) is 5.51. The van der Waals surface area contributed by atoms with E-state index in [4.69, 9.17) is 22.7 Å². The fraction of sp³-hybridized carbons (Fsp3) is 0.0714. The van der Waals surface area contributed by atoms with Gasteiger partial charge in [0.2, 0.25) is 0 Å². The summed E-state index contributed by atoms with van der Waals surface area (Å²) in [6, 6.07) is 11.9. The van der Waals surface area contributed by atoms with Crippen LogP contribution in [0.3, 0.4) is 0 Å². The largest absolute Gasteiger partial charge is 0.454 e. The molecule has 0 atom stereocenters. The highest BCUT2D eigenvalue weighted by molar-refractivity contribution is 7.98. The molecule has 0 heterocycles. The minimum Gasteiger partial charge on any atom is -0.454 e. The predicted molar refractivity (Wildman–Crippen MR) is 80.6 cm³/mol. The van der Waals surface area contributed by atoms with Crippen molar-refractivity contribution in [2.24, 2.45) is 5.73 Å². The molecule has 0 aliphatic rings. The summed E-state index contributed by atoms with van der Waals surface area (Å²) in [5.41, 5.74) is 5.92. The Morgan fingerprint density at radius 1 is 1.21 bits per heavy atom. The van der Waals surface area contributed by atoms with Gasteiger partial charge in [-0.3, -0.25) is 0 Å². The third-order valence-electron chi connectivity index (χ3n) is 2.50. The maximum Gasteiger partial charge on any atom is 0.166 e. The quantitative estimate of drug-likeness (QED) is 0.683. The number of hydrogen-bond donors (Lipinski definition) is 1. The van der Waals surface area contributed by atoms with Crippen LogP contribution in [0.15, 0.2) is 47.4 Å². The molecule has 98 valence electrons. The number of hydrogen-bond acceptors (Lipinski definition) is 3. The van der Waals surface area contributed by atoms with Crippen LogP contribution in [0.2, 0.25) is 0 Å². The van der Waals surface area contributed by atoms with Crippen molar-refractivity contribution in [2.45, 2.75) is 4.90 Å². The van der Waals surface area contributed by atoms with Crippen molar-refractivity contribution in [3.05, 3.63) is 53.8 Å². The Labute approximate surface area is 120 Å². The monoisotopic (exact) mass is 293 g/mol. The van der Waals surface area contributed by atoms with Crippen LogP contribution < -0.4 is 10.5 Å². The summed E-state index contributed by atoms with van der Waals surface area (Å²) in [6.45, 7) is 0. The molecule has 0 saturated heterocycles. The lowest BCUT2D eigenvalue weighted by molar-refractivity contribution is 0.442. The lowest BCUT2D eigenvalue weighted by Gasteiger charge is -2.08. The maximum absolute atomic E-state index is 13.8. The van der Waals surface area contributed by atoms with Gasteiger partial charge < -0.3 is 10.5 Å². The molecule has 0 spiro atoms. The Morgan fingerprint density at radius 3 is 2.42 bits per heavy atom. The van der Waals surface area contributed by atoms with Crippen molar-refractivity contribution in [1.29, 1.82) is 0 Å². The minimum absolute atomic E-state index is 0.150. The molecule has 0 aliphatic carbocycles. The molecule has 0 radical (unpaired) electrons. The number of ether oxygens (including phenoxy) is 1. The van der Waals surface area contributed by atoms with Crippen molar-refractivity contribution in [2.75, 3.05) is 6.26 Å². The average molecular weight is 293 g/mol. The maximum atomic E-state index is 13.8. The van der Waals surface area contributed by atoms with Crippen LogP contribution in [0, 0.1) is 5.82 Å². The Hall–Kier alpha value is -1.59. The fourth-order valence-corrected chi connectivity index (χ4v) is 2.04. The normalized spacial score (nSPS) is 10.2. The molecule has 19 heavy (non-hydrogen) atoms. The Kier molecular flexibility index (Phi) is 4.39. The molecule has 0 unspecified atom stereocenters. The molecule has 0 aliphatic heterocycles. The van der Waals surface area contributed by atoms with E-state index in [9.17, 15) is 4.39 Å². The van der Waals surface area contributed by atoms with Crippen LogP contribution in [-0.2, 0) is 0 Å². The van der Waals surface area contributed by atoms with Crippen molar-refractivity contribution in [3.8, 4) is 11.5 Å². The summed E-state index contributed by atoms with van der Waals surface area (Å²) in [5.74, 6) is 0.246. The first-order valence-corrected chi connectivity index (χ1v) is 7.14. The Morgan fingerprint density at radius 2 is 1.89 bits per heavy atom. The van der Waals surface area contributed by atoms with E-state index in [-0.39, 0.29) is 10.7 Å². The lowest BCUT2D eigenvalue weighted by Crippen LogP contribution is -2.09. The van der Waals surface area contributed by atoms with Gasteiger partial charge in [-0.05, 0) is 48.7 Å². The molecule has 0 fully saturated rings. The summed E-state index contributed by atoms with van der Waals surface area (Å²) in [6.07, 6.45) is 1.99. The predicted octanol–water partition coefficient (Wildman–Crippen LogP) is 3.97. The molecule has 2 aromatic rings. The second-order valence-corrected chi connectivity index (χ2v) is 5.11. The van der Waals surface area contributed by atoms with Crippen molar-refractivity contribution in [1.82, 2.24) is 0 Å². The van der Waals surface area contributed by atoms with Gasteiger partial charge in [-0.25, -0.2) is 4.39 Å². The highest BCUT2D eigenvalue weighted by Gasteiger charge is 2.07. The molecule has 2 nitrogen and oxygen atoms in total. The number of benzene rings is 2. The van der Waals surface area contributed by atoms with E-state index < -0.39 is 5.82 Å². The molecular formula is C14H12FNOS2. The van der Waals surface area contributed by atoms with E-state index in [0.29, 0.717) is 11.3 Å². The van der Waals surface area contributed by atoms with Crippen LogP contribution >= 0.6 is 24.0 Å². The van der Waals surface area contributed by atoms with Gasteiger partial charge in [0.15, 0.2) is 11.6 Å². The van der Waals surface area contributed by atoms with Gasteiger partial charge in [-0.15, -0.1) is 11.8 Å². The van der Waals surface area contributed by atoms with Crippen LogP contribution in [0.5, 0.6) is 11.5 Å². The zero-order valence-electron chi connectivity index (χ0n) is 10.2. The zero-order valence-corrected chi connectivity index (χ0v) is 11.9. The standard InChI is InChI=1S/C14H12FNOS2/c1-19-11-5-3-10(4-6-11)17-13-7-2-9(14(16)18)8-12(13)15/h2-8H,1H3,(H2,16,18). The molecule has 2 rings (SSSR count). The van der Waals surface area contributed by atoms with E-state index in [1.807, 2.05) is 18.4 Å². The van der Waals surface area contributed by atoms with E-state index >= 15 is 0 Å². The molecule has 0 saturated carbocycles. The smallest absolute Gasteiger partial charge is 0.166 e.